The van der Waals surface area contributed by atoms with Crippen molar-refractivity contribution in [3.8, 4) is 0 Å². The van der Waals surface area contributed by atoms with Crippen LogP contribution < -0.4 is 10.6 Å². The van der Waals surface area contributed by atoms with Crippen molar-refractivity contribution in [2.24, 2.45) is 11.8 Å². The molecule has 3 atom stereocenters. The molecule has 5 nitrogen and oxygen atoms in total. The molecule has 2 aliphatic rings. The molecule has 1 saturated heterocycles. The Balaban J connectivity index is 1.21. The summed E-state index contributed by atoms with van der Waals surface area (Å²) in [6, 6.07) is 15.2. The van der Waals surface area contributed by atoms with Crippen LogP contribution >= 0.6 is 0 Å². The number of fused-ring (bicyclic) bond motifs is 1. The van der Waals surface area contributed by atoms with Crippen LogP contribution in [-0.2, 0) is 11.3 Å². The zero-order chi connectivity index (χ0) is 19.1. The van der Waals surface area contributed by atoms with Crippen LogP contribution in [0.1, 0.15) is 48.4 Å². The maximum Gasteiger partial charge on any atom is 0.225 e. The predicted molar refractivity (Wildman–Crippen MR) is 110 cm³/mol. The molecule has 1 saturated carbocycles. The SMILES string of the molecule is CC1C(c2ccc3cn[nH]c3c2)NC[C@@H]1C(=O)NCc1ccc(C2CC2)cc1. The summed E-state index contributed by atoms with van der Waals surface area (Å²) < 4.78 is 0. The molecule has 1 amide bonds. The van der Waals surface area contributed by atoms with Crippen molar-refractivity contribution in [2.75, 3.05) is 6.54 Å². The molecular formula is C23H26N4O. The monoisotopic (exact) mass is 374 g/mol. The Hall–Kier alpha value is -2.66. The standard InChI is InChI=1S/C23H26N4O/c1-14-20(13-24-22(14)18-8-9-19-12-26-27-21(19)10-18)23(28)25-11-15-2-4-16(5-3-15)17-6-7-17/h2-5,8-10,12,14,17,20,22,24H,6-7,11,13H2,1H3,(H,25,28)(H,26,27)/t14?,20-,22?/m0/s1. The van der Waals surface area contributed by atoms with Crippen LogP contribution in [0.5, 0.6) is 0 Å². The summed E-state index contributed by atoms with van der Waals surface area (Å²) in [6.45, 7) is 3.47. The first-order valence-corrected chi connectivity index (χ1v) is 10.2. The molecule has 3 N–H and O–H groups in total. The fraction of sp³-hybridized carbons (Fsp3) is 0.391. The zero-order valence-corrected chi connectivity index (χ0v) is 16.1. The molecule has 0 radical (unpaired) electrons. The van der Waals surface area contributed by atoms with Crippen LogP contribution in [0.4, 0.5) is 0 Å². The summed E-state index contributed by atoms with van der Waals surface area (Å²) >= 11 is 0. The first kappa shape index (κ1) is 17.4. The molecule has 144 valence electrons. The highest BCUT2D eigenvalue weighted by molar-refractivity contribution is 5.80. The molecule has 1 aromatic heterocycles. The highest BCUT2D eigenvalue weighted by Gasteiger charge is 2.37. The number of H-pyrrole nitrogens is 1. The van der Waals surface area contributed by atoms with Crippen molar-refractivity contribution in [3.63, 3.8) is 0 Å². The second-order valence-corrected chi connectivity index (χ2v) is 8.30. The van der Waals surface area contributed by atoms with E-state index in [9.17, 15) is 4.79 Å². The van der Waals surface area contributed by atoms with Crippen LogP contribution in [0.25, 0.3) is 10.9 Å². The highest BCUT2D eigenvalue weighted by atomic mass is 16.1. The molecule has 2 unspecified atom stereocenters. The van der Waals surface area contributed by atoms with Gasteiger partial charge in [0.05, 0.1) is 17.6 Å². The molecule has 1 aliphatic heterocycles. The Kier molecular flexibility index (Phi) is 4.40. The molecule has 2 aromatic carbocycles. The van der Waals surface area contributed by atoms with Gasteiger partial charge in [0.15, 0.2) is 0 Å². The lowest BCUT2D eigenvalue weighted by Crippen LogP contribution is -2.34. The van der Waals surface area contributed by atoms with E-state index in [1.54, 1.807) is 0 Å². The molecular weight excluding hydrogens is 348 g/mol. The number of rotatable bonds is 5. The van der Waals surface area contributed by atoms with Crippen LogP contribution in [-0.4, -0.2) is 22.6 Å². The number of nitrogens with one attached hydrogen (secondary N) is 3. The van der Waals surface area contributed by atoms with Crippen molar-refractivity contribution in [1.29, 1.82) is 0 Å². The normalized spacial score (nSPS) is 24.5. The molecule has 28 heavy (non-hydrogen) atoms. The van der Waals surface area contributed by atoms with Gasteiger partial charge in [-0.2, -0.15) is 5.10 Å². The Labute approximate surface area is 164 Å². The number of aromatic amines is 1. The maximum absolute atomic E-state index is 12.8. The van der Waals surface area contributed by atoms with Crippen molar-refractivity contribution >= 4 is 16.8 Å². The summed E-state index contributed by atoms with van der Waals surface area (Å²) in [5, 5.41) is 14.9. The Morgan fingerprint density at radius 3 is 2.71 bits per heavy atom. The molecule has 0 bridgehead atoms. The minimum atomic E-state index is -0.0202. The topological polar surface area (TPSA) is 69.8 Å². The van der Waals surface area contributed by atoms with E-state index in [1.807, 2.05) is 6.20 Å². The van der Waals surface area contributed by atoms with E-state index in [-0.39, 0.29) is 23.8 Å². The molecule has 2 heterocycles. The van der Waals surface area contributed by atoms with Gasteiger partial charge in [0.1, 0.15) is 0 Å². The number of amides is 1. The quantitative estimate of drug-likeness (QED) is 0.638. The number of benzene rings is 2. The van der Waals surface area contributed by atoms with Gasteiger partial charge in [-0.3, -0.25) is 9.89 Å². The van der Waals surface area contributed by atoms with E-state index in [1.165, 1.54) is 24.0 Å². The van der Waals surface area contributed by atoms with Gasteiger partial charge in [0.2, 0.25) is 5.91 Å². The third-order valence-corrected chi connectivity index (χ3v) is 6.38. The number of aromatic nitrogens is 2. The average Bonchev–Trinajstić information content (AvgIpc) is 3.34. The lowest BCUT2D eigenvalue weighted by Gasteiger charge is -2.20. The fourth-order valence-corrected chi connectivity index (χ4v) is 4.40. The third-order valence-electron chi connectivity index (χ3n) is 6.38. The van der Waals surface area contributed by atoms with E-state index in [0.717, 1.165) is 22.4 Å². The summed E-state index contributed by atoms with van der Waals surface area (Å²) in [4.78, 5) is 12.8. The largest absolute Gasteiger partial charge is 0.352 e. The number of nitrogens with zero attached hydrogens (tertiary/aromatic N) is 1. The number of hydrogen-bond acceptors (Lipinski definition) is 3. The molecule has 0 spiro atoms. The second-order valence-electron chi connectivity index (χ2n) is 8.30. The van der Waals surface area contributed by atoms with Crippen molar-refractivity contribution < 1.29 is 4.79 Å². The van der Waals surface area contributed by atoms with Gasteiger partial charge in [0, 0.05) is 24.5 Å². The fourth-order valence-electron chi connectivity index (χ4n) is 4.40. The molecule has 1 aliphatic carbocycles. The summed E-state index contributed by atoms with van der Waals surface area (Å²) in [5.74, 6) is 1.12. The van der Waals surface area contributed by atoms with Crippen LogP contribution in [0.3, 0.4) is 0 Å². The molecule has 3 aromatic rings. The van der Waals surface area contributed by atoms with Crippen LogP contribution in [0.2, 0.25) is 0 Å². The minimum absolute atomic E-state index is 0.0202. The van der Waals surface area contributed by atoms with Gasteiger partial charge in [-0.1, -0.05) is 43.3 Å². The van der Waals surface area contributed by atoms with Gasteiger partial charge in [-0.25, -0.2) is 0 Å². The first-order chi connectivity index (χ1) is 13.7. The Morgan fingerprint density at radius 1 is 1.14 bits per heavy atom. The Morgan fingerprint density at radius 2 is 1.93 bits per heavy atom. The molecule has 5 heteroatoms. The molecule has 2 fully saturated rings. The number of carbonyl (C=O) groups excluding carboxylic acids is 1. The smallest absolute Gasteiger partial charge is 0.225 e. The van der Waals surface area contributed by atoms with Gasteiger partial charge in [-0.15, -0.1) is 0 Å². The van der Waals surface area contributed by atoms with E-state index >= 15 is 0 Å². The summed E-state index contributed by atoms with van der Waals surface area (Å²) in [5.41, 5.74) is 4.84. The van der Waals surface area contributed by atoms with E-state index in [4.69, 9.17) is 0 Å². The minimum Gasteiger partial charge on any atom is -0.352 e. The van der Waals surface area contributed by atoms with Crippen LogP contribution in [0, 0.1) is 11.8 Å². The van der Waals surface area contributed by atoms with E-state index in [2.05, 4.69) is 70.2 Å². The third kappa shape index (κ3) is 3.31. The van der Waals surface area contributed by atoms with Crippen molar-refractivity contribution in [2.45, 2.75) is 38.3 Å². The lowest BCUT2D eigenvalue weighted by molar-refractivity contribution is -0.125. The van der Waals surface area contributed by atoms with E-state index < -0.39 is 0 Å². The number of hydrogen-bond donors (Lipinski definition) is 3. The van der Waals surface area contributed by atoms with Gasteiger partial charge in [0.25, 0.3) is 0 Å². The maximum atomic E-state index is 12.8. The number of carbonyl (C=O) groups is 1. The van der Waals surface area contributed by atoms with Gasteiger partial charge < -0.3 is 10.6 Å². The summed E-state index contributed by atoms with van der Waals surface area (Å²) in [7, 11) is 0. The Bertz CT molecular complexity index is 989. The lowest BCUT2D eigenvalue weighted by atomic mass is 9.88. The predicted octanol–water partition coefficient (Wildman–Crippen LogP) is 3.65. The van der Waals surface area contributed by atoms with E-state index in [0.29, 0.717) is 13.1 Å². The molecule has 5 rings (SSSR count). The van der Waals surface area contributed by atoms with Gasteiger partial charge >= 0.3 is 0 Å². The average molecular weight is 374 g/mol. The first-order valence-electron chi connectivity index (χ1n) is 10.2. The van der Waals surface area contributed by atoms with Crippen LogP contribution in [0.15, 0.2) is 48.7 Å². The second kappa shape index (κ2) is 7.06. The highest BCUT2D eigenvalue weighted by Crippen LogP contribution is 2.40. The zero-order valence-electron chi connectivity index (χ0n) is 16.1. The van der Waals surface area contributed by atoms with Crippen molar-refractivity contribution in [3.05, 3.63) is 65.4 Å². The van der Waals surface area contributed by atoms with Crippen molar-refractivity contribution in [1.82, 2.24) is 20.8 Å². The van der Waals surface area contributed by atoms with Gasteiger partial charge in [-0.05, 0) is 47.4 Å². The summed E-state index contributed by atoms with van der Waals surface area (Å²) in [6.07, 6.45) is 4.46.